The Morgan fingerprint density at radius 3 is 1.25 bits per heavy atom. The van der Waals surface area contributed by atoms with Crippen molar-refractivity contribution in [3.63, 3.8) is 0 Å². The number of hydrogen-bond donors (Lipinski definition) is 0. The molecule has 0 N–H and O–H groups in total. The van der Waals surface area contributed by atoms with Gasteiger partial charge in [0.15, 0.2) is 19.7 Å². The fraction of sp³-hybridized carbons (Fsp3) is 0.273. The molecule has 8 rings (SSSR count). The lowest BCUT2D eigenvalue weighted by Gasteiger charge is -2.28. The van der Waals surface area contributed by atoms with E-state index in [0.717, 1.165) is 24.3 Å². The zero-order valence-electron chi connectivity index (χ0n) is 33.9. The van der Waals surface area contributed by atoms with Crippen LogP contribution in [-0.2, 0) is 43.5 Å². The average molecular weight is 929 g/mol. The highest BCUT2D eigenvalue weighted by Crippen LogP contribution is 2.46. The summed E-state index contributed by atoms with van der Waals surface area (Å²) in [4.78, 5) is 15.9. The third-order valence-electron chi connectivity index (χ3n) is 10.5. The molecule has 2 aliphatic heterocycles. The molecular formula is C44H38F6N4O8S2. The van der Waals surface area contributed by atoms with Gasteiger partial charge in [0.25, 0.3) is 0 Å². The molecule has 0 saturated carbocycles. The summed E-state index contributed by atoms with van der Waals surface area (Å²) in [6.07, 6.45) is -2.06. The van der Waals surface area contributed by atoms with Gasteiger partial charge in [-0.2, -0.15) is 26.3 Å². The first kappa shape index (κ1) is 45.7. The molecule has 0 fully saturated rings. The van der Waals surface area contributed by atoms with Crippen LogP contribution in [0.4, 0.5) is 26.3 Å². The topological polar surface area (TPSA) is 157 Å². The number of fused-ring (bicyclic) bond motifs is 2. The van der Waals surface area contributed by atoms with Gasteiger partial charge < -0.3 is 18.9 Å². The van der Waals surface area contributed by atoms with Gasteiger partial charge >= 0.3 is 12.4 Å². The molecule has 4 aromatic carbocycles. The predicted octanol–water partition coefficient (Wildman–Crippen LogP) is 8.78. The zero-order valence-corrected chi connectivity index (χ0v) is 35.6. The third-order valence-corrected chi connectivity index (χ3v) is 13.7. The van der Waals surface area contributed by atoms with Gasteiger partial charge in [0.05, 0.1) is 48.4 Å². The van der Waals surface area contributed by atoms with Crippen LogP contribution in [0.15, 0.2) is 120 Å². The van der Waals surface area contributed by atoms with Crippen molar-refractivity contribution in [3.8, 4) is 23.0 Å². The van der Waals surface area contributed by atoms with Gasteiger partial charge in [-0.3, -0.25) is 0 Å². The number of ether oxygens (including phenoxy) is 4. The Morgan fingerprint density at radius 2 is 0.906 bits per heavy atom. The van der Waals surface area contributed by atoms with E-state index in [9.17, 15) is 43.2 Å². The second-order valence-electron chi connectivity index (χ2n) is 14.5. The lowest BCUT2D eigenvalue weighted by Crippen LogP contribution is -2.17. The minimum atomic E-state index is -4.48. The maximum absolute atomic E-state index is 13.1. The van der Waals surface area contributed by atoms with Crippen molar-refractivity contribution < 1.29 is 62.1 Å². The van der Waals surface area contributed by atoms with Crippen molar-refractivity contribution in [1.82, 2.24) is 19.9 Å². The Hall–Kier alpha value is -6.28. The van der Waals surface area contributed by atoms with Crippen LogP contribution in [-0.4, -0.2) is 64.2 Å². The molecule has 0 saturated heterocycles. The molecule has 0 bridgehead atoms. The number of nitrogens with zero attached hydrogens (tertiary/aromatic N) is 4. The van der Waals surface area contributed by atoms with Crippen LogP contribution < -0.4 is 18.9 Å². The van der Waals surface area contributed by atoms with Crippen LogP contribution in [0, 0.1) is 0 Å². The summed E-state index contributed by atoms with van der Waals surface area (Å²) in [5.74, 6) is 0.0288. The van der Waals surface area contributed by atoms with Gasteiger partial charge in [0, 0.05) is 58.9 Å². The fourth-order valence-corrected chi connectivity index (χ4v) is 9.87. The summed E-state index contributed by atoms with van der Waals surface area (Å²) in [6, 6.07) is 19.1. The van der Waals surface area contributed by atoms with Crippen molar-refractivity contribution in [1.29, 1.82) is 0 Å². The number of halogens is 6. The Bertz CT molecular complexity index is 2660. The van der Waals surface area contributed by atoms with Crippen molar-refractivity contribution in [3.05, 3.63) is 155 Å². The Balaban J connectivity index is 0.000000191. The van der Waals surface area contributed by atoms with E-state index in [1.807, 2.05) is 0 Å². The van der Waals surface area contributed by atoms with Crippen LogP contribution in [0.1, 0.15) is 69.7 Å². The Morgan fingerprint density at radius 1 is 0.547 bits per heavy atom. The van der Waals surface area contributed by atoms with Gasteiger partial charge in [0.2, 0.25) is 0 Å². The summed E-state index contributed by atoms with van der Waals surface area (Å²) >= 11 is 0. The van der Waals surface area contributed by atoms with Crippen molar-refractivity contribution in [2.24, 2.45) is 0 Å². The standard InChI is InChI=1S/2C22H19F3N2O4S/c2*1-30-19-11-14(22(23,24)25)3-5-17(19)16-7-10-31-20-12-15(4-6-18(16)20)32(28,29)13-21-26-8-2-9-27-21/h2*2-6,8-9,11-12,16H,7,10,13H2,1H3/t2*16-/m10/s1. The molecule has 336 valence electrons. The molecule has 0 radical (unpaired) electrons. The predicted molar refractivity (Wildman–Crippen MR) is 219 cm³/mol. The molecule has 2 aliphatic rings. The second kappa shape index (κ2) is 18.4. The van der Waals surface area contributed by atoms with E-state index in [2.05, 4.69) is 19.9 Å². The molecule has 0 aliphatic carbocycles. The Kier molecular flexibility index (Phi) is 13.2. The first-order valence-corrected chi connectivity index (χ1v) is 22.7. The first-order chi connectivity index (χ1) is 30.4. The molecule has 0 amide bonds. The number of benzene rings is 4. The van der Waals surface area contributed by atoms with E-state index in [1.165, 1.54) is 75.4 Å². The molecule has 2 atom stereocenters. The maximum Gasteiger partial charge on any atom is 0.416 e. The number of alkyl halides is 6. The summed E-state index contributed by atoms with van der Waals surface area (Å²) in [6.45, 7) is 0.570. The minimum Gasteiger partial charge on any atom is -0.496 e. The first-order valence-electron chi connectivity index (χ1n) is 19.4. The fourth-order valence-electron chi connectivity index (χ4n) is 7.44. The van der Waals surface area contributed by atoms with E-state index in [1.54, 1.807) is 24.3 Å². The molecule has 6 aromatic rings. The van der Waals surface area contributed by atoms with Gasteiger partial charge in [-0.25, -0.2) is 36.8 Å². The molecule has 12 nitrogen and oxygen atoms in total. The second-order valence-corrected chi connectivity index (χ2v) is 18.5. The summed E-state index contributed by atoms with van der Waals surface area (Å²) in [5, 5.41) is 0. The molecule has 20 heteroatoms. The highest BCUT2D eigenvalue weighted by atomic mass is 32.2. The average Bonchev–Trinajstić information content (AvgIpc) is 3.27. The van der Waals surface area contributed by atoms with Gasteiger partial charge in [0.1, 0.15) is 46.2 Å². The minimum absolute atomic E-state index is 0.0590. The number of hydrogen-bond acceptors (Lipinski definition) is 12. The maximum atomic E-state index is 13.1. The monoisotopic (exact) mass is 928 g/mol. The molecule has 2 aromatic heterocycles. The molecule has 64 heavy (non-hydrogen) atoms. The largest absolute Gasteiger partial charge is 0.496 e. The van der Waals surface area contributed by atoms with Crippen molar-refractivity contribution in [2.45, 2.75) is 58.3 Å². The van der Waals surface area contributed by atoms with Gasteiger partial charge in [-0.1, -0.05) is 24.3 Å². The smallest absolute Gasteiger partial charge is 0.416 e. The number of sulfone groups is 2. The number of rotatable bonds is 10. The lowest BCUT2D eigenvalue weighted by atomic mass is 9.85. The Labute approximate surface area is 364 Å². The summed E-state index contributed by atoms with van der Waals surface area (Å²) in [5.41, 5.74) is 0.940. The summed E-state index contributed by atoms with van der Waals surface area (Å²) in [7, 11) is -4.80. The van der Waals surface area contributed by atoms with E-state index < -0.39 is 43.2 Å². The van der Waals surface area contributed by atoms with Gasteiger partial charge in [-0.05, 0) is 73.5 Å². The van der Waals surface area contributed by atoms with Crippen LogP contribution in [0.25, 0.3) is 0 Å². The SMILES string of the molecule is COc1cc(C(F)(F)F)ccc1[C@@H]1CCOc2cc(S(=O)(=O)Cc3ncccn3)ccc21.COc1cc(C(F)(F)F)ccc1[C@H]1CCOc2cc(S(=O)(=O)Cc3ncccn3)ccc21. The van der Waals surface area contributed by atoms with Crippen LogP contribution in [0.5, 0.6) is 23.0 Å². The highest BCUT2D eigenvalue weighted by molar-refractivity contribution is 7.91. The zero-order chi connectivity index (χ0) is 45.9. The van der Waals surface area contributed by atoms with E-state index in [0.29, 0.717) is 46.6 Å². The highest BCUT2D eigenvalue weighted by Gasteiger charge is 2.35. The number of methoxy groups -OCH3 is 2. The van der Waals surface area contributed by atoms with E-state index >= 15 is 0 Å². The van der Waals surface area contributed by atoms with E-state index in [4.69, 9.17) is 18.9 Å². The van der Waals surface area contributed by atoms with Crippen LogP contribution >= 0.6 is 0 Å². The van der Waals surface area contributed by atoms with Crippen molar-refractivity contribution in [2.75, 3.05) is 27.4 Å². The molecule has 0 unspecified atom stereocenters. The van der Waals surface area contributed by atoms with Crippen LogP contribution in [0.2, 0.25) is 0 Å². The van der Waals surface area contributed by atoms with Crippen LogP contribution in [0.3, 0.4) is 0 Å². The third kappa shape index (κ3) is 10.2. The quantitative estimate of drug-likeness (QED) is 0.121. The molecule has 0 spiro atoms. The molecular weight excluding hydrogens is 891 g/mol. The molecule has 4 heterocycles. The number of aromatic nitrogens is 4. The lowest BCUT2D eigenvalue weighted by molar-refractivity contribution is -0.138. The summed E-state index contributed by atoms with van der Waals surface area (Å²) < 4.78 is 152. The van der Waals surface area contributed by atoms with Gasteiger partial charge in [-0.15, -0.1) is 0 Å². The van der Waals surface area contributed by atoms with E-state index in [-0.39, 0.29) is 69.5 Å². The van der Waals surface area contributed by atoms with Crippen molar-refractivity contribution >= 4 is 19.7 Å². The normalized spacial score (nSPS) is 16.2.